The molecule has 1 heteroatoms. The lowest BCUT2D eigenvalue weighted by Crippen LogP contribution is -2.26. The molecule has 0 radical (unpaired) electrons. The van der Waals surface area contributed by atoms with Crippen molar-refractivity contribution in [1.82, 2.24) is 0 Å². The Balaban J connectivity index is 1.81. The van der Waals surface area contributed by atoms with E-state index >= 15 is 0 Å². The second kappa shape index (κ2) is 9.00. The van der Waals surface area contributed by atoms with Crippen LogP contribution in [0.2, 0.25) is 0 Å². The molecule has 0 bridgehead atoms. The summed E-state index contributed by atoms with van der Waals surface area (Å²) in [5.41, 5.74) is 5.16. The van der Waals surface area contributed by atoms with E-state index in [-0.39, 0.29) is 5.41 Å². The molecule has 4 aromatic rings. The van der Waals surface area contributed by atoms with Crippen molar-refractivity contribution in [3.05, 3.63) is 120 Å². The van der Waals surface area contributed by atoms with Gasteiger partial charge in [0.15, 0.2) is 0 Å². The van der Waals surface area contributed by atoms with Gasteiger partial charge in [-0.05, 0) is 46.4 Å². The second-order valence-electron chi connectivity index (χ2n) is 8.20. The Morgan fingerprint density at radius 2 is 1.43 bits per heavy atom. The molecule has 0 heterocycles. The molecular weight excluding hydrogens is 362 g/mol. The highest BCUT2D eigenvalue weighted by atomic mass is 14.8. The van der Waals surface area contributed by atoms with Crippen molar-refractivity contribution in [2.75, 3.05) is 12.4 Å². The lowest BCUT2D eigenvalue weighted by atomic mass is 9.72. The van der Waals surface area contributed by atoms with Gasteiger partial charge in [0.2, 0.25) is 0 Å². The predicted octanol–water partition coefficient (Wildman–Crippen LogP) is 7.49. The van der Waals surface area contributed by atoms with Crippen molar-refractivity contribution < 1.29 is 0 Å². The zero-order chi connectivity index (χ0) is 20.8. The van der Waals surface area contributed by atoms with E-state index in [2.05, 4.69) is 121 Å². The Morgan fingerprint density at radius 3 is 2.17 bits per heavy atom. The summed E-state index contributed by atoms with van der Waals surface area (Å²) >= 11 is 0. The third-order valence-electron chi connectivity index (χ3n) is 5.92. The van der Waals surface area contributed by atoms with Gasteiger partial charge in [0.1, 0.15) is 0 Å². The molecule has 1 nitrogen and oxygen atoms in total. The quantitative estimate of drug-likeness (QED) is 0.344. The summed E-state index contributed by atoms with van der Waals surface area (Å²) in [6.07, 6.45) is 6.52. The summed E-state index contributed by atoms with van der Waals surface area (Å²) < 4.78 is 0. The Labute approximate surface area is 180 Å². The van der Waals surface area contributed by atoms with Crippen LogP contribution in [0, 0.1) is 0 Å². The SMILES string of the molecule is CNc1ccc2ccccc2c1C(C)(C/C=C/c1ccccc1)Cc1ccccc1. The standard InChI is InChI=1S/C29H29N/c1-29(22-24-14-7-4-8-15-24,21-11-16-23-12-5-3-6-13-23)28-26-18-10-9-17-25(26)19-20-27(28)30-2/h3-20,30H,21-22H2,1-2H3/b16-11+. The molecule has 0 amide bonds. The molecule has 4 aromatic carbocycles. The summed E-state index contributed by atoms with van der Waals surface area (Å²) in [6, 6.07) is 34.6. The van der Waals surface area contributed by atoms with E-state index in [4.69, 9.17) is 0 Å². The molecule has 1 N–H and O–H groups in total. The number of allylic oxidation sites excluding steroid dienone is 1. The van der Waals surface area contributed by atoms with Crippen molar-refractivity contribution in [1.29, 1.82) is 0 Å². The molecule has 0 spiro atoms. The normalized spacial score (nSPS) is 13.4. The molecule has 150 valence electrons. The summed E-state index contributed by atoms with van der Waals surface area (Å²) in [6.45, 7) is 2.40. The van der Waals surface area contributed by atoms with Crippen molar-refractivity contribution in [3.63, 3.8) is 0 Å². The number of rotatable bonds is 7. The molecule has 0 aliphatic rings. The van der Waals surface area contributed by atoms with E-state index < -0.39 is 0 Å². The fourth-order valence-corrected chi connectivity index (χ4v) is 4.46. The van der Waals surface area contributed by atoms with Gasteiger partial charge in [-0.1, -0.05) is 110 Å². The smallest absolute Gasteiger partial charge is 0.0382 e. The van der Waals surface area contributed by atoms with E-state index in [0.717, 1.165) is 12.8 Å². The molecule has 1 atom stereocenters. The van der Waals surface area contributed by atoms with Gasteiger partial charge >= 0.3 is 0 Å². The Hall–Kier alpha value is -3.32. The summed E-state index contributed by atoms with van der Waals surface area (Å²) in [4.78, 5) is 0. The highest BCUT2D eigenvalue weighted by Crippen LogP contribution is 2.41. The molecular formula is C29H29N. The van der Waals surface area contributed by atoms with E-state index in [0.29, 0.717) is 0 Å². The topological polar surface area (TPSA) is 12.0 Å². The first-order chi connectivity index (χ1) is 14.7. The highest BCUT2D eigenvalue weighted by Gasteiger charge is 2.30. The maximum absolute atomic E-state index is 3.46. The largest absolute Gasteiger partial charge is 0.388 e. The highest BCUT2D eigenvalue weighted by molar-refractivity contribution is 5.91. The van der Waals surface area contributed by atoms with Crippen LogP contribution in [-0.2, 0) is 11.8 Å². The lowest BCUT2D eigenvalue weighted by molar-refractivity contribution is 0.481. The van der Waals surface area contributed by atoms with Crippen LogP contribution in [0.3, 0.4) is 0 Å². The molecule has 30 heavy (non-hydrogen) atoms. The Morgan fingerprint density at radius 1 is 0.767 bits per heavy atom. The maximum atomic E-state index is 3.46. The number of hydrogen-bond acceptors (Lipinski definition) is 1. The zero-order valence-corrected chi connectivity index (χ0v) is 17.8. The zero-order valence-electron chi connectivity index (χ0n) is 17.8. The van der Waals surface area contributed by atoms with Crippen LogP contribution < -0.4 is 5.32 Å². The van der Waals surface area contributed by atoms with Gasteiger partial charge in [0.05, 0.1) is 0 Å². The summed E-state index contributed by atoms with van der Waals surface area (Å²) in [7, 11) is 2.02. The fourth-order valence-electron chi connectivity index (χ4n) is 4.46. The van der Waals surface area contributed by atoms with E-state index in [1.54, 1.807) is 0 Å². The number of benzene rings is 4. The van der Waals surface area contributed by atoms with E-state index in [9.17, 15) is 0 Å². The van der Waals surface area contributed by atoms with E-state index in [1.165, 1.54) is 33.2 Å². The van der Waals surface area contributed by atoms with Gasteiger partial charge in [-0.15, -0.1) is 0 Å². The van der Waals surface area contributed by atoms with Crippen LogP contribution in [0.4, 0.5) is 5.69 Å². The number of anilines is 1. The molecule has 0 aliphatic heterocycles. The average Bonchev–Trinajstić information content (AvgIpc) is 2.79. The van der Waals surface area contributed by atoms with Crippen molar-refractivity contribution in [2.24, 2.45) is 0 Å². The van der Waals surface area contributed by atoms with Gasteiger partial charge in [0, 0.05) is 18.2 Å². The van der Waals surface area contributed by atoms with Crippen LogP contribution >= 0.6 is 0 Å². The average molecular weight is 392 g/mol. The molecule has 0 fully saturated rings. The minimum Gasteiger partial charge on any atom is -0.388 e. The lowest BCUT2D eigenvalue weighted by Gasteiger charge is -2.33. The minimum atomic E-state index is -0.0498. The first kappa shape index (κ1) is 20.0. The van der Waals surface area contributed by atoms with Gasteiger partial charge < -0.3 is 5.32 Å². The third kappa shape index (κ3) is 4.31. The van der Waals surface area contributed by atoms with Gasteiger partial charge in [-0.25, -0.2) is 0 Å². The Bertz CT molecular complexity index is 1130. The van der Waals surface area contributed by atoms with Crippen LogP contribution in [-0.4, -0.2) is 7.05 Å². The van der Waals surface area contributed by atoms with Crippen molar-refractivity contribution in [3.8, 4) is 0 Å². The monoisotopic (exact) mass is 391 g/mol. The molecule has 1 unspecified atom stereocenters. The van der Waals surface area contributed by atoms with Gasteiger partial charge in [0.25, 0.3) is 0 Å². The van der Waals surface area contributed by atoms with Crippen LogP contribution in [0.1, 0.15) is 30.0 Å². The number of hydrogen-bond donors (Lipinski definition) is 1. The minimum absolute atomic E-state index is 0.0498. The molecule has 0 aromatic heterocycles. The van der Waals surface area contributed by atoms with Gasteiger partial charge in [-0.3, -0.25) is 0 Å². The molecule has 0 saturated carbocycles. The maximum Gasteiger partial charge on any atom is 0.0382 e. The predicted molar refractivity (Wildman–Crippen MR) is 131 cm³/mol. The first-order valence-corrected chi connectivity index (χ1v) is 10.7. The Kier molecular flexibility index (Phi) is 5.99. The number of fused-ring (bicyclic) bond motifs is 1. The first-order valence-electron chi connectivity index (χ1n) is 10.7. The molecule has 4 rings (SSSR count). The van der Waals surface area contributed by atoms with Crippen molar-refractivity contribution in [2.45, 2.75) is 25.2 Å². The van der Waals surface area contributed by atoms with Crippen LogP contribution in [0.5, 0.6) is 0 Å². The van der Waals surface area contributed by atoms with Crippen molar-refractivity contribution >= 4 is 22.5 Å². The van der Waals surface area contributed by atoms with Crippen LogP contribution in [0.25, 0.3) is 16.8 Å². The number of nitrogens with one attached hydrogen (secondary N) is 1. The second-order valence-corrected chi connectivity index (χ2v) is 8.20. The molecule has 0 aliphatic carbocycles. The fraction of sp³-hybridized carbons (Fsp3) is 0.172. The van der Waals surface area contributed by atoms with Crippen LogP contribution in [0.15, 0.2) is 103 Å². The third-order valence-corrected chi connectivity index (χ3v) is 5.92. The summed E-state index contributed by atoms with van der Waals surface area (Å²) in [5, 5.41) is 6.08. The molecule has 0 saturated heterocycles. The summed E-state index contributed by atoms with van der Waals surface area (Å²) in [5.74, 6) is 0. The van der Waals surface area contributed by atoms with Gasteiger partial charge in [-0.2, -0.15) is 0 Å². The van der Waals surface area contributed by atoms with E-state index in [1.807, 2.05) is 7.05 Å².